The lowest BCUT2D eigenvalue weighted by atomic mass is 9.96. The molecular formula is C18H21ClN2O2S. The Balaban J connectivity index is 1.44. The molecule has 0 amide bonds. The molecule has 128 valence electrons. The van der Waals surface area contributed by atoms with E-state index in [4.69, 9.17) is 16.6 Å². The number of rotatable bonds is 3. The summed E-state index contributed by atoms with van der Waals surface area (Å²) in [6.07, 6.45) is 2.77. The number of aromatic nitrogens is 1. The second kappa shape index (κ2) is 5.60. The minimum atomic E-state index is -2.78. The van der Waals surface area contributed by atoms with Crippen molar-refractivity contribution in [3.05, 3.63) is 34.9 Å². The molecule has 2 fully saturated rings. The SMILES string of the molecule is Cc1ccc(Cl)c2ccc(NCC3CC34CCS(=O)(=O)CC4)nc12. The molecule has 24 heavy (non-hydrogen) atoms. The van der Waals surface area contributed by atoms with Crippen molar-refractivity contribution in [1.82, 2.24) is 4.98 Å². The first-order valence-corrected chi connectivity index (χ1v) is 10.6. The second-order valence-corrected chi connectivity index (χ2v) is 9.96. The number of halogens is 1. The standard InChI is InChI=1S/C18H21ClN2O2S/c1-12-2-4-15(19)14-3-5-16(21-17(12)14)20-11-13-10-18(13)6-8-24(22,23)9-7-18/h2-5,13H,6-11H2,1H3,(H,20,21). The lowest BCUT2D eigenvalue weighted by Gasteiger charge is -2.23. The quantitative estimate of drug-likeness (QED) is 0.899. The minimum Gasteiger partial charge on any atom is -0.370 e. The van der Waals surface area contributed by atoms with E-state index in [1.54, 1.807) is 0 Å². The zero-order valence-corrected chi connectivity index (χ0v) is 15.3. The fourth-order valence-electron chi connectivity index (χ4n) is 3.92. The normalized spacial score (nSPS) is 24.2. The molecule has 0 radical (unpaired) electrons. The highest BCUT2D eigenvalue weighted by Gasteiger charge is 2.55. The van der Waals surface area contributed by atoms with Crippen LogP contribution in [0.15, 0.2) is 24.3 Å². The molecule has 1 aromatic carbocycles. The highest BCUT2D eigenvalue weighted by atomic mass is 35.5. The van der Waals surface area contributed by atoms with Crippen LogP contribution in [0.1, 0.15) is 24.8 Å². The molecule has 1 N–H and O–H groups in total. The Morgan fingerprint density at radius 1 is 1.25 bits per heavy atom. The van der Waals surface area contributed by atoms with Gasteiger partial charge in [-0.3, -0.25) is 0 Å². The number of sulfone groups is 1. The maximum atomic E-state index is 11.6. The summed E-state index contributed by atoms with van der Waals surface area (Å²) in [4.78, 5) is 4.70. The molecule has 1 saturated carbocycles. The molecule has 2 aromatic rings. The van der Waals surface area contributed by atoms with Crippen LogP contribution in [-0.4, -0.2) is 31.5 Å². The van der Waals surface area contributed by atoms with E-state index in [2.05, 4.69) is 5.32 Å². The van der Waals surface area contributed by atoms with E-state index in [-0.39, 0.29) is 5.41 Å². The molecule has 1 aromatic heterocycles. The predicted octanol–water partition coefficient (Wildman–Crippen LogP) is 3.82. The van der Waals surface area contributed by atoms with Crippen molar-refractivity contribution < 1.29 is 8.42 Å². The van der Waals surface area contributed by atoms with E-state index in [0.717, 1.165) is 53.1 Å². The average molecular weight is 365 g/mol. The summed E-state index contributed by atoms with van der Waals surface area (Å²) in [6, 6.07) is 7.86. The summed E-state index contributed by atoms with van der Waals surface area (Å²) in [5.74, 6) is 2.13. The summed E-state index contributed by atoms with van der Waals surface area (Å²) in [5, 5.41) is 5.13. The van der Waals surface area contributed by atoms with Gasteiger partial charge in [0.1, 0.15) is 15.7 Å². The highest BCUT2D eigenvalue weighted by molar-refractivity contribution is 7.91. The number of benzene rings is 1. The fourth-order valence-corrected chi connectivity index (χ4v) is 5.78. The highest BCUT2D eigenvalue weighted by Crippen LogP contribution is 2.59. The Hall–Kier alpha value is -1.33. The van der Waals surface area contributed by atoms with Gasteiger partial charge in [-0.2, -0.15) is 0 Å². The number of anilines is 1. The van der Waals surface area contributed by atoms with E-state index < -0.39 is 9.84 Å². The third-order valence-electron chi connectivity index (χ3n) is 5.72. The molecule has 1 atom stereocenters. The predicted molar refractivity (Wildman–Crippen MR) is 98.4 cm³/mol. The number of aryl methyl sites for hydroxylation is 1. The van der Waals surface area contributed by atoms with Crippen LogP contribution in [0.4, 0.5) is 5.82 Å². The molecule has 4 rings (SSSR count). The first-order chi connectivity index (χ1) is 11.4. The lowest BCUT2D eigenvalue weighted by Crippen LogP contribution is -2.26. The number of hydrogen-bond acceptors (Lipinski definition) is 4. The van der Waals surface area contributed by atoms with Crippen molar-refractivity contribution in [3.8, 4) is 0 Å². The Morgan fingerprint density at radius 2 is 2.00 bits per heavy atom. The van der Waals surface area contributed by atoms with Crippen LogP contribution >= 0.6 is 11.6 Å². The zero-order valence-electron chi connectivity index (χ0n) is 13.7. The Kier molecular flexibility index (Phi) is 3.77. The van der Waals surface area contributed by atoms with Crippen molar-refractivity contribution in [2.75, 3.05) is 23.4 Å². The van der Waals surface area contributed by atoms with Gasteiger partial charge >= 0.3 is 0 Å². The monoisotopic (exact) mass is 364 g/mol. The lowest BCUT2D eigenvalue weighted by molar-refractivity contribution is 0.409. The Labute approximate surface area is 147 Å². The third-order valence-corrected chi connectivity index (χ3v) is 7.70. The largest absolute Gasteiger partial charge is 0.370 e. The van der Waals surface area contributed by atoms with Gasteiger partial charge in [0, 0.05) is 17.0 Å². The van der Waals surface area contributed by atoms with Crippen LogP contribution < -0.4 is 5.32 Å². The molecule has 1 spiro atoms. The van der Waals surface area contributed by atoms with Crippen molar-refractivity contribution in [3.63, 3.8) is 0 Å². The first-order valence-electron chi connectivity index (χ1n) is 8.39. The van der Waals surface area contributed by atoms with Crippen LogP contribution in [0.2, 0.25) is 5.02 Å². The summed E-state index contributed by atoms with van der Waals surface area (Å²) in [7, 11) is -2.78. The molecular weight excluding hydrogens is 344 g/mol. The summed E-state index contributed by atoms with van der Waals surface area (Å²) < 4.78 is 23.2. The van der Waals surface area contributed by atoms with Crippen molar-refractivity contribution in [1.29, 1.82) is 0 Å². The summed E-state index contributed by atoms with van der Waals surface area (Å²) in [5.41, 5.74) is 2.30. The molecule has 1 aliphatic carbocycles. The smallest absolute Gasteiger partial charge is 0.150 e. The molecule has 0 bridgehead atoms. The van der Waals surface area contributed by atoms with E-state index in [0.29, 0.717) is 17.4 Å². The summed E-state index contributed by atoms with van der Waals surface area (Å²) in [6.45, 7) is 2.89. The van der Waals surface area contributed by atoms with Crippen molar-refractivity contribution >= 4 is 38.2 Å². The van der Waals surface area contributed by atoms with Gasteiger partial charge in [-0.25, -0.2) is 13.4 Å². The third kappa shape index (κ3) is 2.88. The Bertz CT molecular complexity index is 897. The van der Waals surface area contributed by atoms with Gasteiger partial charge in [0.15, 0.2) is 0 Å². The maximum absolute atomic E-state index is 11.6. The van der Waals surface area contributed by atoms with Gasteiger partial charge in [0.2, 0.25) is 0 Å². The average Bonchev–Trinajstić information content (AvgIpc) is 3.25. The molecule has 2 heterocycles. The molecule has 6 heteroatoms. The summed E-state index contributed by atoms with van der Waals surface area (Å²) >= 11 is 6.23. The molecule has 1 aliphatic heterocycles. The number of hydrogen-bond donors (Lipinski definition) is 1. The van der Waals surface area contributed by atoms with Crippen molar-refractivity contribution in [2.45, 2.75) is 26.2 Å². The van der Waals surface area contributed by atoms with Gasteiger partial charge in [-0.15, -0.1) is 0 Å². The second-order valence-electron chi connectivity index (χ2n) is 7.25. The number of nitrogens with one attached hydrogen (secondary N) is 1. The fraction of sp³-hybridized carbons (Fsp3) is 0.500. The van der Waals surface area contributed by atoms with Crippen LogP contribution in [0.5, 0.6) is 0 Å². The van der Waals surface area contributed by atoms with Gasteiger partial charge in [0.05, 0.1) is 17.0 Å². The number of pyridine rings is 1. The van der Waals surface area contributed by atoms with Crippen LogP contribution in [0, 0.1) is 18.3 Å². The van der Waals surface area contributed by atoms with E-state index in [9.17, 15) is 8.42 Å². The van der Waals surface area contributed by atoms with Gasteiger partial charge in [0.25, 0.3) is 0 Å². The molecule has 2 aliphatic rings. The van der Waals surface area contributed by atoms with Crippen molar-refractivity contribution in [2.24, 2.45) is 11.3 Å². The first kappa shape index (κ1) is 16.2. The molecule has 1 unspecified atom stereocenters. The topological polar surface area (TPSA) is 59.1 Å². The number of nitrogens with zero attached hydrogens (tertiary/aromatic N) is 1. The molecule has 1 saturated heterocycles. The zero-order chi connectivity index (χ0) is 16.9. The van der Waals surface area contributed by atoms with Gasteiger partial charge in [-0.1, -0.05) is 17.7 Å². The van der Waals surface area contributed by atoms with Crippen LogP contribution in [0.25, 0.3) is 10.9 Å². The maximum Gasteiger partial charge on any atom is 0.150 e. The van der Waals surface area contributed by atoms with E-state index in [1.807, 2.05) is 31.2 Å². The minimum absolute atomic E-state index is 0.258. The van der Waals surface area contributed by atoms with Crippen LogP contribution in [-0.2, 0) is 9.84 Å². The van der Waals surface area contributed by atoms with E-state index >= 15 is 0 Å². The van der Waals surface area contributed by atoms with E-state index in [1.165, 1.54) is 0 Å². The van der Waals surface area contributed by atoms with Crippen LogP contribution in [0.3, 0.4) is 0 Å². The Morgan fingerprint density at radius 3 is 2.75 bits per heavy atom. The number of fused-ring (bicyclic) bond motifs is 1. The van der Waals surface area contributed by atoms with Gasteiger partial charge in [-0.05, 0) is 61.3 Å². The molecule has 4 nitrogen and oxygen atoms in total. The van der Waals surface area contributed by atoms with Gasteiger partial charge < -0.3 is 5.32 Å².